The molecule has 3 heteroatoms. The SMILES string of the molecule is CC(C)CC(CN)N(C)CCOC(C)C. The minimum absolute atomic E-state index is 0.319. The number of rotatable bonds is 8. The number of hydrogen-bond acceptors (Lipinski definition) is 3. The molecule has 0 amide bonds. The summed E-state index contributed by atoms with van der Waals surface area (Å²) < 4.78 is 5.53. The second kappa shape index (κ2) is 8.08. The van der Waals surface area contributed by atoms with Crippen LogP contribution in [0.3, 0.4) is 0 Å². The van der Waals surface area contributed by atoms with E-state index in [1.54, 1.807) is 0 Å². The van der Waals surface area contributed by atoms with Crippen LogP contribution < -0.4 is 5.73 Å². The zero-order valence-electron chi connectivity index (χ0n) is 11.0. The van der Waals surface area contributed by atoms with Crippen LogP contribution in [-0.2, 0) is 4.74 Å². The minimum Gasteiger partial charge on any atom is -0.377 e. The largest absolute Gasteiger partial charge is 0.377 e. The van der Waals surface area contributed by atoms with Crippen molar-refractivity contribution in [1.29, 1.82) is 0 Å². The van der Waals surface area contributed by atoms with Gasteiger partial charge in [-0.3, -0.25) is 4.90 Å². The number of nitrogens with zero attached hydrogens (tertiary/aromatic N) is 1. The zero-order valence-corrected chi connectivity index (χ0v) is 11.0. The molecule has 0 aromatic carbocycles. The highest BCUT2D eigenvalue weighted by Crippen LogP contribution is 2.08. The van der Waals surface area contributed by atoms with E-state index in [0.717, 1.165) is 26.1 Å². The number of hydrogen-bond donors (Lipinski definition) is 1. The Morgan fingerprint density at radius 2 is 1.80 bits per heavy atom. The second-order valence-electron chi connectivity index (χ2n) is 4.92. The van der Waals surface area contributed by atoms with E-state index in [1.165, 1.54) is 0 Å². The van der Waals surface area contributed by atoms with Gasteiger partial charge >= 0.3 is 0 Å². The predicted octanol–water partition coefficient (Wildman–Crippen LogP) is 1.72. The molecule has 0 saturated carbocycles. The molecule has 0 aromatic rings. The highest BCUT2D eigenvalue weighted by molar-refractivity contribution is 4.71. The first-order valence-electron chi connectivity index (χ1n) is 5.99. The van der Waals surface area contributed by atoms with Gasteiger partial charge in [-0.25, -0.2) is 0 Å². The van der Waals surface area contributed by atoms with E-state index < -0.39 is 0 Å². The van der Waals surface area contributed by atoms with Crippen molar-refractivity contribution in [3.63, 3.8) is 0 Å². The molecule has 3 nitrogen and oxygen atoms in total. The van der Waals surface area contributed by atoms with Crippen molar-refractivity contribution in [2.24, 2.45) is 11.7 Å². The monoisotopic (exact) mass is 216 g/mol. The third-order valence-corrected chi connectivity index (χ3v) is 2.53. The van der Waals surface area contributed by atoms with E-state index >= 15 is 0 Å². The Morgan fingerprint density at radius 1 is 1.20 bits per heavy atom. The summed E-state index contributed by atoms with van der Waals surface area (Å²) in [6.45, 7) is 11.1. The normalized spacial score (nSPS) is 14.2. The van der Waals surface area contributed by atoms with Crippen LogP contribution in [0.15, 0.2) is 0 Å². The Kier molecular flexibility index (Phi) is 8.02. The lowest BCUT2D eigenvalue weighted by molar-refractivity contribution is 0.0544. The van der Waals surface area contributed by atoms with Gasteiger partial charge in [-0.1, -0.05) is 13.8 Å². The first-order valence-corrected chi connectivity index (χ1v) is 5.99. The molecule has 0 rings (SSSR count). The highest BCUT2D eigenvalue weighted by Gasteiger charge is 2.14. The first kappa shape index (κ1) is 14.9. The van der Waals surface area contributed by atoms with Gasteiger partial charge in [-0.05, 0) is 33.2 Å². The Morgan fingerprint density at radius 3 is 2.20 bits per heavy atom. The molecule has 0 saturated heterocycles. The summed E-state index contributed by atoms with van der Waals surface area (Å²) in [5, 5.41) is 0. The maximum atomic E-state index is 5.77. The molecule has 0 radical (unpaired) electrons. The Labute approximate surface area is 95.0 Å². The smallest absolute Gasteiger partial charge is 0.0596 e. The molecule has 1 atom stereocenters. The summed E-state index contributed by atoms with van der Waals surface area (Å²) in [4.78, 5) is 2.31. The van der Waals surface area contributed by atoms with Crippen LogP contribution >= 0.6 is 0 Å². The van der Waals surface area contributed by atoms with E-state index in [0.29, 0.717) is 18.1 Å². The average molecular weight is 216 g/mol. The number of likely N-dealkylation sites (N-methyl/N-ethyl adjacent to an activating group) is 1. The Hall–Kier alpha value is -0.120. The summed E-state index contributed by atoms with van der Waals surface area (Å²) in [7, 11) is 2.13. The molecule has 0 spiro atoms. The van der Waals surface area contributed by atoms with Crippen molar-refractivity contribution in [2.75, 3.05) is 26.7 Å². The third kappa shape index (κ3) is 7.77. The molecule has 15 heavy (non-hydrogen) atoms. The van der Waals surface area contributed by atoms with Gasteiger partial charge in [0.15, 0.2) is 0 Å². The van der Waals surface area contributed by atoms with Gasteiger partial charge in [0.1, 0.15) is 0 Å². The molecule has 0 aliphatic rings. The lowest BCUT2D eigenvalue weighted by Crippen LogP contribution is -2.40. The van der Waals surface area contributed by atoms with Crippen LogP contribution in [0.1, 0.15) is 34.1 Å². The maximum Gasteiger partial charge on any atom is 0.0596 e. The topological polar surface area (TPSA) is 38.5 Å². The van der Waals surface area contributed by atoms with Crippen molar-refractivity contribution in [1.82, 2.24) is 4.90 Å². The van der Waals surface area contributed by atoms with Gasteiger partial charge in [0.05, 0.1) is 12.7 Å². The fourth-order valence-corrected chi connectivity index (χ4v) is 1.62. The fraction of sp³-hybridized carbons (Fsp3) is 1.00. The molecule has 0 aromatic heterocycles. The van der Waals surface area contributed by atoms with Crippen LogP contribution in [0.2, 0.25) is 0 Å². The summed E-state index contributed by atoms with van der Waals surface area (Å²) in [5.41, 5.74) is 5.77. The van der Waals surface area contributed by atoms with Crippen molar-refractivity contribution in [2.45, 2.75) is 46.3 Å². The van der Waals surface area contributed by atoms with Gasteiger partial charge in [0, 0.05) is 19.1 Å². The summed E-state index contributed by atoms with van der Waals surface area (Å²) in [6.07, 6.45) is 1.48. The molecule has 0 aliphatic heterocycles. The van der Waals surface area contributed by atoms with Gasteiger partial charge in [-0.15, -0.1) is 0 Å². The van der Waals surface area contributed by atoms with Gasteiger partial charge in [0.2, 0.25) is 0 Å². The fourth-order valence-electron chi connectivity index (χ4n) is 1.62. The van der Waals surface area contributed by atoms with Gasteiger partial charge in [-0.2, -0.15) is 0 Å². The quantitative estimate of drug-likeness (QED) is 0.671. The van der Waals surface area contributed by atoms with Gasteiger partial charge in [0.25, 0.3) is 0 Å². The van der Waals surface area contributed by atoms with Crippen LogP contribution in [0, 0.1) is 5.92 Å². The van der Waals surface area contributed by atoms with Crippen LogP contribution in [-0.4, -0.2) is 43.8 Å². The second-order valence-corrected chi connectivity index (χ2v) is 4.92. The molecule has 92 valence electrons. The standard InChI is InChI=1S/C12H28N2O/c1-10(2)8-12(9-13)14(5)6-7-15-11(3)4/h10-12H,6-9,13H2,1-5H3. The van der Waals surface area contributed by atoms with Gasteiger partial charge < -0.3 is 10.5 Å². The minimum atomic E-state index is 0.319. The number of ether oxygens (including phenoxy) is 1. The molecule has 0 aliphatic carbocycles. The number of nitrogens with two attached hydrogens (primary N) is 1. The molecule has 0 heterocycles. The van der Waals surface area contributed by atoms with E-state index in [-0.39, 0.29) is 0 Å². The molecular weight excluding hydrogens is 188 g/mol. The Bertz CT molecular complexity index is 149. The Balaban J connectivity index is 3.77. The van der Waals surface area contributed by atoms with Crippen molar-refractivity contribution in [3.8, 4) is 0 Å². The molecule has 0 bridgehead atoms. The highest BCUT2D eigenvalue weighted by atomic mass is 16.5. The van der Waals surface area contributed by atoms with Crippen LogP contribution in [0.5, 0.6) is 0 Å². The third-order valence-electron chi connectivity index (χ3n) is 2.53. The van der Waals surface area contributed by atoms with E-state index in [4.69, 9.17) is 10.5 Å². The van der Waals surface area contributed by atoms with E-state index in [1.807, 2.05) is 0 Å². The molecular formula is C12H28N2O. The van der Waals surface area contributed by atoms with Crippen molar-refractivity contribution in [3.05, 3.63) is 0 Å². The molecule has 0 fully saturated rings. The van der Waals surface area contributed by atoms with E-state index in [2.05, 4.69) is 39.6 Å². The summed E-state index contributed by atoms with van der Waals surface area (Å²) in [5.74, 6) is 0.701. The van der Waals surface area contributed by atoms with Crippen LogP contribution in [0.4, 0.5) is 0 Å². The van der Waals surface area contributed by atoms with Crippen molar-refractivity contribution < 1.29 is 4.74 Å². The average Bonchev–Trinajstić information content (AvgIpc) is 2.13. The lowest BCUT2D eigenvalue weighted by Gasteiger charge is -2.28. The van der Waals surface area contributed by atoms with E-state index in [9.17, 15) is 0 Å². The molecule has 2 N–H and O–H groups in total. The van der Waals surface area contributed by atoms with Crippen LogP contribution in [0.25, 0.3) is 0 Å². The first-order chi connectivity index (χ1) is 6.97. The lowest BCUT2D eigenvalue weighted by atomic mass is 10.0. The maximum absolute atomic E-state index is 5.77. The zero-order chi connectivity index (χ0) is 11.8. The summed E-state index contributed by atoms with van der Waals surface area (Å²) in [6, 6.07) is 0.487. The van der Waals surface area contributed by atoms with Crippen molar-refractivity contribution >= 4 is 0 Å². The summed E-state index contributed by atoms with van der Waals surface area (Å²) >= 11 is 0. The molecule has 1 unspecified atom stereocenters. The predicted molar refractivity (Wildman–Crippen MR) is 66.0 cm³/mol.